The van der Waals surface area contributed by atoms with Gasteiger partial charge in [0.2, 0.25) is 0 Å². The Morgan fingerprint density at radius 3 is 2.95 bits per heavy atom. The molecule has 3 rings (SSSR count). The van der Waals surface area contributed by atoms with Gasteiger partial charge in [-0.05, 0) is 68.0 Å². The van der Waals surface area contributed by atoms with Crippen LogP contribution in [0.4, 0.5) is 0 Å². The number of hydrogen-bond donors (Lipinski definition) is 1. The molecule has 0 saturated heterocycles. The third kappa shape index (κ3) is 3.65. The molecule has 1 heterocycles. The van der Waals surface area contributed by atoms with Crippen LogP contribution in [0.1, 0.15) is 57.4 Å². The van der Waals surface area contributed by atoms with Crippen LogP contribution in [0.3, 0.4) is 0 Å². The Labute approximate surface area is 134 Å². The van der Waals surface area contributed by atoms with Crippen molar-refractivity contribution in [1.82, 2.24) is 5.32 Å². The summed E-state index contributed by atoms with van der Waals surface area (Å²) in [5.41, 5.74) is 1.62. The van der Waals surface area contributed by atoms with Crippen molar-refractivity contribution in [3.8, 4) is 0 Å². The van der Waals surface area contributed by atoms with E-state index in [4.69, 9.17) is 0 Å². The monoisotopic (exact) mass is 303 g/mol. The maximum atomic E-state index is 3.83. The van der Waals surface area contributed by atoms with Crippen molar-refractivity contribution in [3.05, 3.63) is 29.8 Å². The van der Waals surface area contributed by atoms with E-state index in [1.54, 1.807) is 5.56 Å². The number of hydrogen-bond acceptors (Lipinski definition) is 2. The molecule has 4 atom stereocenters. The van der Waals surface area contributed by atoms with E-state index in [9.17, 15) is 0 Å². The topological polar surface area (TPSA) is 12.0 Å². The molecule has 0 spiro atoms. The molecule has 0 aromatic heterocycles. The van der Waals surface area contributed by atoms with Crippen LogP contribution in [0.5, 0.6) is 0 Å². The first-order valence-corrected chi connectivity index (χ1v) is 9.71. The summed E-state index contributed by atoms with van der Waals surface area (Å²) >= 11 is 2.06. The molecule has 0 radical (unpaired) electrons. The quantitative estimate of drug-likeness (QED) is 0.815. The number of fused-ring (bicyclic) bond motifs is 1. The van der Waals surface area contributed by atoms with Crippen molar-refractivity contribution in [1.29, 1.82) is 0 Å². The Morgan fingerprint density at radius 1 is 1.24 bits per heavy atom. The van der Waals surface area contributed by atoms with Crippen molar-refractivity contribution in [2.45, 2.75) is 62.8 Å². The lowest BCUT2D eigenvalue weighted by molar-refractivity contribution is 0.196. The van der Waals surface area contributed by atoms with Crippen LogP contribution in [0.25, 0.3) is 0 Å². The van der Waals surface area contributed by atoms with Gasteiger partial charge in [0.25, 0.3) is 0 Å². The Hall–Kier alpha value is -0.470. The van der Waals surface area contributed by atoms with Gasteiger partial charge in [-0.25, -0.2) is 0 Å². The highest BCUT2D eigenvalue weighted by molar-refractivity contribution is 7.99. The Bertz CT molecular complexity index is 457. The lowest BCUT2D eigenvalue weighted by Gasteiger charge is -2.37. The molecule has 0 amide bonds. The predicted molar refractivity (Wildman–Crippen MR) is 93.1 cm³/mol. The lowest BCUT2D eigenvalue weighted by Crippen LogP contribution is -2.41. The minimum Gasteiger partial charge on any atom is -0.314 e. The molecule has 1 fully saturated rings. The summed E-state index contributed by atoms with van der Waals surface area (Å²) in [6.07, 6.45) is 6.85. The molecule has 1 N–H and O–H groups in total. The summed E-state index contributed by atoms with van der Waals surface area (Å²) in [5.74, 6) is 3.87. The first kappa shape index (κ1) is 15.4. The van der Waals surface area contributed by atoms with E-state index < -0.39 is 0 Å². The smallest absolute Gasteiger partial charge is 0.0107 e. The van der Waals surface area contributed by atoms with E-state index in [0.29, 0.717) is 0 Å². The largest absolute Gasteiger partial charge is 0.314 e. The van der Waals surface area contributed by atoms with Gasteiger partial charge in [0, 0.05) is 16.7 Å². The van der Waals surface area contributed by atoms with Crippen LogP contribution in [0.15, 0.2) is 29.2 Å². The van der Waals surface area contributed by atoms with Gasteiger partial charge < -0.3 is 5.32 Å². The summed E-state index contributed by atoms with van der Waals surface area (Å²) in [6.45, 7) is 5.91. The van der Waals surface area contributed by atoms with Crippen LogP contribution in [0.2, 0.25) is 0 Å². The highest BCUT2D eigenvalue weighted by Crippen LogP contribution is 2.45. The van der Waals surface area contributed by atoms with Crippen molar-refractivity contribution < 1.29 is 0 Å². The average Bonchev–Trinajstić information content (AvgIpc) is 2.90. The highest BCUT2D eigenvalue weighted by Gasteiger charge is 2.32. The summed E-state index contributed by atoms with van der Waals surface area (Å²) in [6, 6.07) is 9.83. The molecule has 21 heavy (non-hydrogen) atoms. The van der Waals surface area contributed by atoms with E-state index in [0.717, 1.165) is 23.8 Å². The summed E-state index contributed by atoms with van der Waals surface area (Å²) < 4.78 is 0. The average molecular weight is 304 g/mol. The van der Waals surface area contributed by atoms with E-state index in [1.165, 1.54) is 49.3 Å². The van der Waals surface area contributed by atoms with Crippen LogP contribution in [-0.2, 0) is 0 Å². The molecule has 1 aliphatic heterocycles. The third-order valence-electron chi connectivity index (χ3n) is 5.29. The van der Waals surface area contributed by atoms with Crippen molar-refractivity contribution >= 4 is 11.8 Å². The zero-order chi connectivity index (χ0) is 14.7. The second kappa shape index (κ2) is 7.19. The number of benzene rings is 1. The Morgan fingerprint density at radius 2 is 2.10 bits per heavy atom. The fourth-order valence-electron chi connectivity index (χ4n) is 4.15. The zero-order valence-electron chi connectivity index (χ0n) is 13.5. The standard InChI is InChI=1S/C19H29NS/c1-3-10-20-18-9-8-14(2)11-15(18)12-16-13-21-19-7-5-4-6-17(16)19/h4-7,14-16,18,20H,3,8-13H2,1-2H3. The van der Waals surface area contributed by atoms with E-state index in [1.807, 2.05) is 0 Å². The number of thioether (sulfide) groups is 1. The van der Waals surface area contributed by atoms with Gasteiger partial charge in [0.1, 0.15) is 0 Å². The summed E-state index contributed by atoms with van der Waals surface area (Å²) in [7, 11) is 0. The molecule has 2 aliphatic rings. The van der Waals surface area contributed by atoms with Crippen LogP contribution in [-0.4, -0.2) is 18.3 Å². The lowest BCUT2D eigenvalue weighted by atomic mass is 9.74. The van der Waals surface area contributed by atoms with Crippen molar-refractivity contribution in [2.24, 2.45) is 11.8 Å². The second-order valence-electron chi connectivity index (χ2n) is 7.02. The molecule has 4 unspecified atom stereocenters. The Balaban J connectivity index is 1.67. The summed E-state index contributed by atoms with van der Waals surface area (Å²) in [4.78, 5) is 1.53. The highest BCUT2D eigenvalue weighted by atomic mass is 32.2. The minimum absolute atomic E-state index is 0.763. The predicted octanol–water partition coefficient (Wildman–Crippen LogP) is 5.07. The zero-order valence-corrected chi connectivity index (χ0v) is 14.3. The SMILES string of the molecule is CCCNC1CCC(C)CC1CC1CSc2ccccc21. The van der Waals surface area contributed by atoms with Gasteiger partial charge in [-0.1, -0.05) is 32.0 Å². The molecule has 1 aromatic carbocycles. The number of rotatable bonds is 5. The minimum atomic E-state index is 0.763. The van der Waals surface area contributed by atoms with Gasteiger partial charge in [-0.15, -0.1) is 11.8 Å². The van der Waals surface area contributed by atoms with Crippen LogP contribution in [0, 0.1) is 11.8 Å². The third-order valence-corrected chi connectivity index (χ3v) is 6.54. The molecular weight excluding hydrogens is 274 g/mol. The normalized spacial score (nSPS) is 32.1. The Kier molecular flexibility index (Phi) is 5.29. The fraction of sp³-hybridized carbons (Fsp3) is 0.684. The van der Waals surface area contributed by atoms with Crippen molar-refractivity contribution in [2.75, 3.05) is 12.3 Å². The first-order chi connectivity index (χ1) is 10.3. The van der Waals surface area contributed by atoms with E-state index >= 15 is 0 Å². The molecule has 1 nitrogen and oxygen atoms in total. The first-order valence-electron chi connectivity index (χ1n) is 8.73. The van der Waals surface area contributed by atoms with Crippen molar-refractivity contribution in [3.63, 3.8) is 0 Å². The van der Waals surface area contributed by atoms with Gasteiger partial charge in [0.05, 0.1) is 0 Å². The van der Waals surface area contributed by atoms with Gasteiger partial charge in [0.15, 0.2) is 0 Å². The molecule has 1 saturated carbocycles. The van der Waals surface area contributed by atoms with E-state index in [-0.39, 0.29) is 0 Å². The summed E-state index contributed by atoms with van der Waals surface area (Å²) in [5, 5.41) is 3.83. The molecule has 2 heteroatoms. The van der Waals surface area contributed by atoms with Gasteiger partial charge in [-0.3, -0.25) is 0 Å². The molecule has 1 aromatic rings. The molecule has 1 aliphatic carbocycles. The molecule has 116 valence electrons. The maximum absolute atomic E-state index is 3.83. The van der Waals surface area contributed by atoms with E-state index in [2.05, 4.69) is 55.2 Å². The fourth-order valence-corrected chi connectivity index (χ4v) is 5.42. The number of nitrogens with one attached hydrogen (secondary N) is 1. The maximum Gasteiger partial charge on any atom is 0.0107 e. The van der Waals surface area contributed by atoms with Crippen LogP contribution < -0.4 is 5.32 Å². The molecular formula is C19H29NS. The van der Waals surface area contributed by atoms with Gasteiger partial charge >= 0.3 is 0 Å². The molecule has 0 bridgehead atoms. The second-order valence-corrected chi connectivity index (χ2v) is 8.08. The van der Waals surface area contributed by atoms with Gasteiger partial charge in [-0.2, -0.15) is 0 Å². The van der Waals surface area contributed by atoms with Crippen LogP contribution >= 0.6 is 11.8 Å².